The van der Waals surface area contributed by atoms with Crippen molar-refractivity contribution in [3.8, 4) is 77.9 Å². The zero-order valence-electron chi connectivity index (χ0n) is 78.8. The Bertz CT molecular complexity index is 9240. The van der Waals surface area contributed by atoms with Crippen LogP contribution in [0.2, 0.25) is 0 Å². The van der Waals surface area contributed by atoms with Crippen LogP contribution in [0.1, 0.15) is 38.9 Å². The Morgan fingerprint density at radius 3 is 0.843 bits per heavy atom. The van der Waals surface area contributed by atoms with Crippen LogP contribution in [0.5, 0.6) is 0 Å². The Hall–Kier alpha value is -16.9. The van der Waals surface area contributed by atoms with Crippen LogP contribution in [0.25, 0.3) is 228 Å². The summed E-state index contributed by atoms with van der Waals surface area (Å²) in [5, 5.41) is 17.2. The van der Waals surface area contributed by atoms with Crippen LogP contribution in [0.3, 0.4) is 0 Å². The lowest BCUT2D eigenvalue weighted by Crippen LogP contribution is -1.82. The number of furan rings is 5. The number of thiophene rings is 2. The van der Waals surface area contributed by atoms with Gasteiger partial charge in [-0.15, -0.1) is 22.7 Å². The van der Waals surface area contributed by atoms with E-state index in [9.17, 15) is 0 Å². The molecule has 7 heteroatoms. The molecular weight excluding hydrogens is 1740 g/mol. The van der Waals surface area contributed by atoms with E-state index in [4.69, 9.17) is 22.1 Å². The first-order valence-electron chi connectivity index (χ1n) is 47.6. The van der Waals surface area contributed by atoms with Gasteiger partial charge in [0, 0.05) is 111 Å². The van der Waals surface area contributed by atoms with Crippen molar-refractivity contribution in [3.05, 3.63) is 506 Å². The molecule has 140 heavy (non-hydrogen) atoms. The highest BCUT2D eigenvalue weighted by molar-refractivity contribution is 7.26. The van der Waals surface area contributed by atoms with Gasteiger partial charge in [-0.2, -0.15) is 0 Å². The Morgan fingerprint density at radius 2 is 0.400 bits per heavy atom. The quantitative estimate of drug-likeness (QED) is 0.159. The van der Waals surface area contributed by atoms with Gasteiger partial charge in [-0.3, -0.25) is 0 Å². The van der Waals surface area contributed by atoms with Crippen molar-refractivity contribution in [2.24, 2.45) is 0 Å². The molecule has 0 N–H and O–H groups in total. The molecule has 0 radical (unpaired) electrons. The molecule has 672 valence electrons. The van der Waals surface area contributed by atoms with Crippen LogP contribution >= 0.6 is 22.7 Å². The maximum Gasteiger partial charge on any atom is 0.143 e. The Balaban J connectivity index is 0.0000000939. The van der Waals surface area contributed by atoms with Crippen molar-refractivity contribution in [1.82, 2.24) is 0 Å². The van der Waals surface area contributed by atoms with E-state index in [1.54, 1.807) is 0 Å². The molecule has 0 aliphatic rings. The van der Waals surface area contributed by atoms with Gasteiger partial charge in [0.15, 0.2) is 0 Å². The van der Waals surface area contributed by atoms with Gasteiger partial charge in [0.05, 0.1) is 0 Å². The first kappa shape index (κ1) is 88.3. The van der Waals surface area contributed by atoms with Gasteiger partial charge in [0.1, 0.15) is 55.8 Å². The second-order valence-corrected chi connectivity index (χ2v) is 38.2. The van der Waals surface area contributed by atoms with E-state index in [2.05, 4.69) is 455 Å². The third-order valence-electron chi connectivity index (χ3n) is 26.4. The number of fused-ring (bicyclic) bond motifs is 21. The molecule has 0 saturated heterocycles. The van der Waals surface area contributed by atoms with E-state index in [1.165, 1.54) is 194 Å². The minimum Gasteiger partial charge on any atom is -0.456 e. The third kappa shape index (κ3) is 18.2. The van der Waals surface area contributed by atoms with E-state index < -0.39 is 0 Å². The fraction of sp³-hybridized carbons (Fsp3) is 0.0526. The number of para-hydroxylation sites is 8. The highest BCUT2D eigenvalue weighted by atomic mass is 32.1. The summed E-state index contributed by atoms with van der Waals surface area (Å²) in [6, 6.07) is 164. The maximum atomic E-state index is 6.09. The van der Waals surface area contributed by atoms with Crippen LogP contribution in [0.15, 0.2) is 489 Å². The average molecular weight is 1840 g/mol. The molecule has 0 atom stereocenters. The summed E-state index contributed by atoms with van der Waals surface area (Å²) in [6.07, 6.45) is 0. The molecule has 21 aromatic carbocycles. The van der Waals surface area contributed by atoms with Crippen molar-refractivity contribution in [1.29, 1.82) is 0 Å². The lowest BCUT2D eigenvalue weighted by Gasteiger charge is -2.06. The molecule has 7 heterocycles. The SMILES string of the molecule is Cc1ccc(-c2ccc3sc4ccccc4c3c2)cc1.Cc1ccc(-c2cccc3c2oc2ccccc23)cc1.Cc1cccc(-c2ccc3oc4ccccc4c3c2)c1.Cc1cccc(-c2ccc3sc4ccccc4c3c2)c1.Cc1cccc(-c2cccc3c2oc2ccccc23)c1.Cc1ccccc1-c1ccc2oc3ccccc3c2c1.Cc1ccccc1-c1cccc2c1oc1ccccc12. The van der Waals surface area contributed by atoms with Gasteiger partial charge in [-0.1, -0.05) is 404 Å². The highest BCUT2D eigenvalue weighted by Crippen LogP contribution is 2.44. The molecule has 0 amide bonds. The fourth-order valence-electron chi connectivity index (χ4n) is 19.2. The number of hydrogen-bond acceptors (Lipinski definition) is 7. The van der Waals surface area contributed by atoms with Gasteiger partial charge in [0.2, 0.25) is 0 Å². The minimum absolute atomic E-state index is 0.946. The molecule has 7 aromatic heterocycles. The highest BCUT2D eigenvalue weighted by Gasteiger charge is 2.19. The van der Waals surface area contributed by atoms with E-state index in [0.717, 1.165) is 72.5 Å². The third-order valence-corrected chi connectivity index (χ3v) is 28.7. The standard InChI is InChI=1S/5C19H14O.2C19H14S/c1-13-6-4-7-14(12-13)15-9-5-10-17-16-8-2-3-11-18(16)20-19(15)17;1-13-7-2-3-8-14(13)16-10-6-11-17-15-9-4-5-12-18(15)20-19(16)17;1-13-5-4-6-14(11-13)15-9-10-19-17(12-15)16-7-2-3-8-18(16)20-19;1-13-6-2-3-7-15(13)14-10-11-19-17(12-14)16-8-4-5-9-18(16)20-19;1-13-9-11-14(12-10-13)15-6-4-7-17-16-5-2-3-8-18(16)20-19(15)17;1-13-5-4-6-14(11-13)15-9-10-19-17(12-15)16-7-2-3-8-18(16)20-19;1-13-6-8-14(9-7-13)15-10-11-19-17(12-15)16-4-2-3-5-18(16)20-19/h7*2-12H,1H3. The van der Waals surface area contributed by atoms with Crippen molar-refractivity contribution < 1.29 is 22.1 Å². The second kappa shape index (κ2) is 39.0. The van der Waals surface area contributed by atoms with Crippen LogP contribution in [-0.4, -0.2) is 0 Å². The normalized spacial score (nSPS) is 11.2. The zero-order valence-corrected chi connectivity index (χ0v) is 80.4. The van der Waals surface area contributed by atoms with Crippen molar-refractivity contribution >= 4 is 173 Å². The van der Waals surface area contributed by atoms with Crippen LogP contribution in [0, 0.1) is 48.5 Å². The summed E-state index contributed by atoms with van der Waals surface area (Å²) in [5.74, 6) is 0. The lowest BCUT2D eigenvalue weighted by atomic mass is 9.98. The van der Waals surface area contributed by atoms with E-state index >= 15 is 0 Å². The summed E-state index contributed by atoms with van der Waals surface area (Å²) in [6.45, 7) is 14.9. The predicted molar refractivity (Wildman–Crippen MR) is 598 cm³/mol. The molecule has 0 spiro atoms. The van der Waals surface area contributed by atoms with Gasteiger partial charge in [-0.25, -0.2) is 0 Å². The van der Waals surface area contributed by atoms with Crippen molar-refractivity contribution in [3.63, 3.8) is 0 Å². The van der Waals surface area contributed by atoms with Crippen molar-refractivity contribution in [2.45, 2.75) is 48.5 Å². The molecule has 0 bridgehead atoms. The predicted octanol–water partition coefficient (Wildman–Crippen LogP) is 39.9. The Morgan fingerprint density at radius 1 is 0.136 bits per heavy atom. The van der Waals surface area contributed by atoms with E-state index in [1.807, 2.05) is 83.3 Å². The van der Waals surface area contributed by atoms with Gasteiger partial charge in [-0.05, 0) is 212 Å². The molecule has 5 nitrogen and oxygen atoms in total. The van der Waals surface area contributed by atoms with Crippen LogP contribution in [-0.2, 0) is 0 Å². The summed E-state index contributed by atoms with van der Waals surface area (Å²) >= 11 is 3.74. The van der Waals surface area contributed by atoms with Crippen LogP contribution < -0.4 is 0 Å². The second-order valence-electron chi connectivity index (χ2n) is 36.0. The molecule has 28 rings (SSSR count). The number of aryl methyl sites for hydroxylation is 7. The number of hydrogen-bond donors (Lipinski definition) is 0. The molecule has 0 saturated carbocycles. The van der Waals surface area contributed by atoms with Gasteiger partial charge in [0.25, 0.3) is 0 Å². The molecular formula is C133H98O5S2. The zero-order chi connectivity index (χ0) is 94.7. The largest absolute Gasteiger partial charge is 0.456 e. The average Bonchev–Trinajstić information content (AvgIpc) is 1.57. The molecule has 0 aliphatic carbocycles. The van der Waals surface area contributed by atoms with Gasteiger partial charge >= 0.3 is 0 Å². The Kier molecular flexibility index (Phi) is 24.6. The first-order valence-corrected chi connectivity index (χ1v) is 49.2. The number of benzene rings is 21. The molecule has 28 aromatic rings. The van der Waals surface area contributed by atoms with E-state index in [0.29, 0.717) is 0 Å². The smallest absolute Gasteiger partial charge is 0.143 e. The minimum atomic E-state index is 0.946. The lowest BCUT2D eigenvalue weighted by molar-refractivity contribution is 0.668. The Labute approximate surface area is 821 Å². The van der Waals surface area contributed by atoms with Gasteiger partial charge < -0.3 is 22.1 Å². The maximum absolute atomic E-state index is 6.09. The number of rotatable bonds is 7. The fourth-order valence-corrected chi connectivity index (χ4v) is 21.4. The molecule has 0 aliphatic heterocycles. The summed E-state index contributed by atoms with van der Waals surface area (Å²) in [5.41, 5.74) is 35.8. The molecule has 0 unspecified atom stereocenters. The summed E-state index contributed by atoms with van der Waals surface area (Å²) in [4.78, 5) is 0. The summed E-state index contributed by atoms with van der Waals surface area (Å²) in [7, 11) is 0. The van der Waals surface area contributed by atoms with Crippen LogP contribution in [0.4, 0.5) is 0 Å². The monoisotopic (exact) mass is 1840 g/mol. The molecule has 0 fully saturated rings. The first-order chi connectivity index (χ1) is 68.8. The topological polar surface area (TPSA) is 65.7 Å². The summed E-state index contributed by atoms with van der Waals surface area (Å²) < 4.78 is 35.4. The van der Waals surface area contributed by atoms with Crippen molar-refractivity contribution in [2.75, 3.05) is 0 Å². The van der Waals surface area contributed by atoms with E-state index in [-0.39, 0.29) is 0 Å².